The molecule has 0 aromatic heterocycles. The molecule has 0 amide bonds. The lowest BCUT2D eigenvalue weighted by Gasteiger charge is -2.13. The summed E-state index contributed by atoms with van der Waals surface area (Å²) >= 11 is 0. The van der Waals surface area contributed by atoms with Gasteiger partial charge in [0, 0.05) is 41.0 Å². The highest BCUT2D eigenvalue weighted by molar-refractivity contribution is 7.84. The lowest BCUT2D eigenvalue weighted by Crippen LogP contribution is -2.31. The van der Waals surface area contributed by atoms with Crippen LogP contribution in [0.25, 0.3) is 0 Å². The lowest BCUT2D eigenvalue weighted by atomic mass is 10.2. The van der Waals surface area contributed by atoms with Crippen LogP contribution in [0.1, 0.15) is 18.9 Å². The summed E-state index contributed by atoms with van der Waals surface area (Å²) in [7, 11) is -0.739. The summed E-state index contributed by atoms with van der Waals surface area (Å²) in [5.41, 5.74) is 6.12. The van der Waals surface area contributed by atoms with Gasteiger partial charge in [0.1, 0.15) is 12.4 Å². The lowest BCUT2D eigenvalue weighted by molar-refractivity contribution is 0.306. The van der Waals surface area contributed by atoms with Crippen molar-refractivity contribution >= 4 is 16.6 Å². The van der Waals surface area contributed by atoms with Gasteiger partial charge in [0.25, 0.3) is 0 Å². The maximum absolute atomic E-state index is 11.0. The zero-order valence-electron chi connectivity index (χ0n) is 12.4. The molecule has 118 valence electrons. The summed E-state index contributed by atoms with van der Waals surface area (Å²) in [6.45, 7) is 3.33. The molecule has 0 aliphatic carbocycles. The monoisotopic (exact) mass is 313 g/mol. The van der Waals surface area contributed by atoms with E-state index in [1.165, 1.54) is 0 Å². The fourth-order valence-corrected chi connectivity index (χ4v) is 2.38. The van der Waals surface area contributed by atoms with Gasteiger partial charge in [-0.05, 0) is 37.6 Å². The summed E-state index contributed by atoms with van der Waals surface area (Å²) < 4.78 is 16.6. The zero-order valence-corrected chi connectivity index (χ0v) is 13.2. The number of rotatable bonds is 9. The average molecular weight is 313 g/mol. The zero-order chi connectivity index (χ0) is 15.7. The highest BCUT2D eigenvalue weighted by atomic mass is 32.2. The Kier molecular flexibility index (Phi) is 7.78. The molecule has 6 nitrogen and oxygen atoms in total. The number of nitrogens with one attached hydrogen (secondary N) is 1. The smallest absolute Gasteiger partial charge is 0.170 e. The van der Waals surface area contributed by atoms with E-state index in [0.717, 1.165) is 18.7 Å². The van der Waals surface area contributed by atoms with E-state index in [4.69, 9.17) is 15.7 Å². The van der Waals surface area contributed by atoms with E-state index in [2.05, 4.69) is 17.4 Å². The largest absolute Gasteiger partial charge is 0.492 e. The number of amidine groups is 1. The summed E-state index contributed by atoms with van der Waals surface area (Å²) in [4.78, 5) is 0. The van der Waals surface area contributed by atoms with Gasteiger partial charge in [-0.1, -0.05) is 5.16 Å². The van der Waals surface area contributed by atoms with Crippen molar-refractivity contribution in [2.75, 3.05) is 25.2 Å². The van der Waals surface area contributed by atoms with Crippen molar-refractivity contribution in [2.45, 2.75) is 19.4 Å². The topological polar surface area (TPSA) is 96.9 Å². The van der Waals surface area contributed by atoms with Crippen LogP contribution < -0.4 is 15.8 Å². The van der Waals surface area contributed by atoms with Gasteiger partial charge in [0.05, 0.1) is 0 Å². The number of hydrogen-bond donors (Lipinski definition) is 3. The standard InChI is InChI=1S/C14H23N3O3S/c1-11(7-10-21(2)19)16-8-9-20-13-5-3-12(4-6-13)14(15)17-18/h3-6,11,16,18H,7-10H2,1-2H3,(H2,15,17). The molecule has 0 spiro atoms. The molecular weight excluding hydrogens is 290 g/mol. The summed E-state index contributed by atoms with van der Waals surface area (Å²) in [6.07, 6.45) is 2.60. The van der Waals surface area contributed by atoms with Crippen LogP contribution in [-0.4, -0.2) is 46.5 Å². The Morgan fingerprint density at radius 2 is 2.14 bits per heavy atom. The molecule has 1 aromatic rings. The van der Waals surface area contributed by atoms with Crippen LogP contribution in [0, 0.1) is 0 Å². The third-order valence-electron chi connectivity index (χ3n) is 2.96. The molecule has 0 aliphatic rings. The molecule has 0 saturated heterocycles. The van der Waals surface area contributed by atoms with E-state index in [9.17, 15) is 4.21 Å². The van der Waals surface area contributed by atoms with Crippen LogP contribution in [0.3, 0.4) is 0 Å². The summed E-state index contributed by atoms with van der Waals surface area (Å²) in [5, 5.41) is 14.8. The second-order valence-corrected chi connectivity index (χ2v) is 6.33. The Labute approximate surface area is 127 Å². The van der Waals surface area contributed by atoms with E-state index in [0.29, 0.717) is 24.0 Å². The van der Waals surface area contributed by atoms with Gasteiger partial charge in [-0.2, -0.15) is 0 Å². The molecule has 0 radical (unpaired) electrons. The van der Waals surface area contributed by atoms with E-state index in [-0.39, 0.29) is 5.84 Å². The quantitative estimate of drug-likeness (QED) is 0.207. The maximum Gasteiger partial charge on any atom is 0.170 e. The van der Waals surface area contributed by atoms with Crippen LogP contribution in [0.4, 0.5) is 0 Å². The fourth-order valence-electron chi connectivity index (χ4n) is 1.70. The SMILES string of the molecule is CC(CCS(C)=O)NCCOc1ccc(/C(N)=N/O)cc1. The Hall–Kier alpha value is -1.60. The number of nitrogens with two attached hydrogens (primary N) is 1. The Morgan fingerprint density at radius 1 is 1.48 bits per heavy atom. The minimum Gasteiger partial charge on any atom is -0.492 e. The highest BCUT2D eigenvalue weighted by Crippen LogP contribution is 2.11. The Morgan fingerprint density at radius 3 is 2.71 bits per heavy atom. The van der Waals surface area contributed by atoms with Gasteiger partial charge in [-0.3, -0.25) is 4.21 Å². The molecule has 2 unspecified atom stereocenters. The molecule has 0 fully saturated rings. The minimum atomic E-state index is -0.739. The van der Waals surface area contributed by atoms with Crippen LogP contribution in [-0.2, 0) is 10.8 Å². The van der Waals surface area contributed by atoms with Crippen molar-refractivity contribution in [3.8, 4) is 5.75 Å². The first-order chi connectivity index (χ1) is 10.0. The normalized spacial score (nSPS) is 14.7. The molecular formula is C14H23N3O3S. The Balaban J connectivity index is 2.25. The fraction of sp³-hybridized carbons (Fsp3) is 0.500. The van der Waals surface area contributed by atoms with Gasteiger partial charge in [-0.25, -0.2) is 0 Å². The van der Waals surface area contributed by atoms with E-state index >= 15 is 0 Å². The van der Waals surface area contributed by atoms with E-state index < -0.39 is 10.8 Å². The number of benzene rings is 1. The molecule has 1 rings (SSSR count). The molecule has 7 heteroatoms. The molecule has 2 atom stereocenters. The molecule has 0 bridgehead atoms. The average Bonchev–Trinajstić information content (AvgIpc) is 2.49. The van der Waals surface area contributed by atoms with Crippen LogP contribution in [0.5, 0.6) is 5.75 Å². The number of oxime groups is 1. The van der Waals surface area contributed by atoms with Crippen molar-refractivity contribution in [3.05, 3.63) is 29.8 Å². The van der Waals surface area contributed by atoms with Crippen molar-refractivity contribution in [1.29, 1.82) is 0 Å². The highest BCUT2D eigenvalue weighted by Gasteiger charge is 2.03. The van der Waals surface area contributed by atoms with Gasteiger partial charge in [-0.15, -0.1) is 0 Å². The van der Waals surface area contributed by atoms with Crippen LogP contribution in [0.2, 0.25) is 0 Å². The van der Waals surface area contributed by atoms with Gasteiger partial charge >= 0.3 is 0 Å². The molecule has 0 saturated carbocycles. The second kappa shape index (κ2) is 9.36. The predicted octanol–water partition coefficient (Wildman–Crippen LogP) is 0.907. The first-order valence-corrected chi connectivity index (χ1v) is 8.50. The van der Waals surface area contributed by atoms with Gasteiger partial charge < -0.3 is 21.0 Å². The Bertz CT molecular complexity index is 477. The first-order valence-electron chi connectivity index (χ1n) is 6.77. The molecule has 1 aromatic carbocycles. The van der Waals surface area contributed by atoms with E-state index in [1.54, 1.807) is 30.5 Å². The van der Waals surface area contributed by atoms with Crippen molar-refractivity contribution < 1.29 is 14.2 Å². The predicted molar refractivity (Wildman–Crippen MR) is 85.5 cm³/mol. The minimum absolute atomic E-state index is 0.0744. The first kappa shape index (κ1) is 17.5. The molecule has 0 aliphatic heterocycles. The second-order valence-electron chi connectivity index (χ2n) is 4.78. The third kappa shape index (κ3) is 7.10. The van der Waals surface area contributed by atoms with Crippen LogP contribution in [0.15, 0.2) is 29.4 Å². The number of ether oxygens (including phenoxy) is 1. The third-order valence-corrected chi connectivity index (χ3v) is 3.77. The van der Waals surface area contributed by atoms with Crippen molar-refractivity contribution in [1.82, 2.24) is 5.32 Å². The van der Waals surface area contributed by atoms with Crippen molar-refractivity contribution in [2.24, 2.45) is 10.9 Å². The van der Waals surface area contributed by atoms with E-state index in [1.807, 2.05) is 0 Å². The molecule has 4 N–H and O–H groups in total. The summed E-state index contributed by atoms with van der Waals surface area (Å²) in [5.74, 6) is 1.52. The summed E-state index contributed by atoms with van der Waals surface area (Å²) in [6, 6.07) is 7.34. The number of nitrogens with zero attached hydrogens (tertiary/aromatic N) is 1. The van der Waals surface area contributed by atoms with Crippen LogP contribution >= 0.6 is 0 Å². The maximum atomic E-state index is 11.0. The van der Waals surface area contributed by atoms with Gasteiger partial charge in [0.15, 0.2) is 5.84 Å². The van der Waals surface area contributed by atoms with Crippen molar-refractivity contribution in [3.63, 3.8) is 0 Å². The molecule has 0 heterocycles. The molecule has 21 heavy (non-hydrogen) atoms. The number of hydrogen-bond acceptors (Lipinski definition) is 5. The van der Waals surface area contributed by atoms with Gasteiger partial charge in [0.2, 0.25) is 0 Å².